The summed E-state index contributed by atoms with van der Waals surface area (Å²) < 4.78 is 5.10. The maximum absolute atomic E-state index is 12.1. The third kappa shape index (κ3) is 5.42. The summed E-state index contributed by atoms with van der Waals surface area (Å²) in [6.07, 6.45) is 0.715. The molecule has 132 valence electrons. The zero-order valence-electron chi connectivity index (χ0n) is 13.9. The maximum atomic E-state index is 12.1. The van der Waals surface area contributed by atoms with Gasteiger partial charge in [-0.2, -0.15) is 0 Å². The number of aromatic nitrogens is 3. The van der Waals surface area contributed by atoms with Crippen LogP contribution in [0.2, 0.25) is 0 Å². The molecule has 0 radical (unpaired) electrons. The van der Waals surface area contributed by atoms with E-state index in [2.05, 4.69) is 20.5 Å². The van der Waals surface area contributed by atoms with Gasteiger partial charge in [0.1, 0.15) is 5.69 Å². The van der Waals surface area contributed by atoms with Crippen LogP contribution in [0, 0.1) is 6.92 Å². The topological polar surface area (TPSA) is 114 Å². The predicted octanol–water partition coefficient (Wildman–Crippen LogP) is 1.77. The van der Waals surface area contributed by atoms with Gasteiger partial charge in [0.05, 0.1) is 23.6 Å². The molecule has 0 fully saturated rings. The molecule has 0 atom stereocenters. The first-order chi connectivity index (χ1) is 12.0. The van der Waals surface area contributed by atoms with Gasteiger partial charge < -0.3 is 10.1 Å². The van der Waals surface area contributed by atoms with Crippen molar-refractivity contribution in [3.05, 3.63) is 45.9 Å². The number of carbonyl (C=O) groups excluding carboxylic acids is 2. The standard InChI is InChI=1S/C16H18N4O4S/c1-3-8-24-15(23)11-6-4-5-7-12(11)17-13(21)9-25-16-18-14(22)10(2)19-20-16/h4-7H,3,8-9H2,1-2H3,(H,17,21)(H,18,20,22). The van der Waals surface area contributed by atoms with Crippen LogP contribution >= 0.6 is 11.8 Å². The second-order valence-corrected chi connectivity index (χ2v) is 6.03. The van der Waals surface area contributed by atoms with E-state index in [1.807, 2.05) is 6.92 Å². The fourth-order valence-corrected chi connectivity index (χ4v) is 2.41. The van der Waals surface area contributed by atoms with Crippen LogP contribution < -0.4 is 10.9 Å². The number of nitrogens with zero attached hydrogens (tertiary/aromatic N) is 2. The first kappa shape index (κ1) is 18.7. The summed E-state index contributed by atoms with van der Waals surface area (Å²) in [4.78, 5) is 38.1. The van der Waals surface area contributed by atoms with E-state index in [0.29, 0.717) is 18.7 Å². The van der Waals surface area contributed by atoms with Gasteiger partial charge in [-0.25, -0.2) is 4.79 Å². The van der Waals surface area contributed by atoms with E-state index >= 15 is 0 Å². The lowest BCUT2D eigenvalue weighted by Gasteiger charge is -2.10. The fourth-order valence-electron chi connectivity index (χ4n) is 1.81. The van der Waals surface area contributed by atoms with Crippen molar-refractivity contribution in [3.8, 4) is 0 Å². The fraction of sp³-hybridized carbons (Fsp3) is 0.312. The minimum atomic E-state index is -0.487. The smallest absolute Gasteiger partial charge is 0.340 e. The molecule has 9 heteroatoms. The highest BCUT2D eigenvalue weighted by Crippen LogP contribution is 2.17. The molecule has 0 aliphatic carbocycles. The molecule has 8 nitrogen and oxygen atoms in total. The molecule has 2 rings (SSSR count). The van der Waals surface area contributed by atoms with E-state index in [1.54, 1.807) is 31.2 Å². The second-order valence-electron chi connectivity index (χ2n) is 5.06. The van der Waals surface area contributed by atoms with Crippen molar-refractivity contribution in [2.75, 3.05) is 17.7 Å². The number of esters is 1. The second kappa shape index (κ2) is 8.97. The molecule has 2 N–H and O–H groups in total. The minimum absolute atomic E-state index is 0.00598. The average molecular weight is 362 g/mol. The summed E-state index contributed by atoms with van der Waals surface area (Å²) >= 11 is 1.04. The zero-order valence-corrected chi connectivity index (χ0v) is 14.7. The molecule has 0 aliphatic rings. The van der Waals surface area contributed by atoms with Crippen LogP contribution in [0.25, 0.3) is 0 Å². The van der Waals surface area contributed by atoms with Crippen LogP contribution in [0.3, 0.4) is 0 Å². The number of H-pyrrole nitrogens is 1. The predicted molar refractivity (Wildman–Crippen MR) is 93.8 cm³/mol. The van der Waals surface area contributed by atoms with E-state index in [0.717, 1.165) is 11.8 Å². The van der Waals surface area contributed by atoms with Crippen molar-refractivity contribution in [2.45, 2.75) is 25.4 Å². The van der Waals surface area contributed by atoms with Crippen molar-refractivity contribution in [1.29, 1.82) is 0 Å². The molecule has 1 amide bonds. The Morgan fingerprint density at radius 3 is 2.76 bits per heavy atom. The number of aromatic amines is 1. The number of aryl methyl sites for hydroxylation is 1. The monoisotopic (exact) mass is 362 g/mol. The Labute approximate surface area is 148 Å². The summed E-state index contributed by atoms with van der Waals surface area (Å²) in [6, 6.07) is 6.62. The van der Waals surface area contributed by atoms with E-state index in [9.17, 15) is 14.4 Å². The van der Waals surface area contributed by atoms with Crippen molar-refractivity contribution in [2.24, 2.45) is 0 Å². The first-order valence-electron chi connectivity index (χ1n) is 7.63. The Balaban J connectivity index is 1.99. The number of thioether (sulfide) groups is 1. The number of nitrogens with one attached hydrogen (secondary N) is 2. The third-order valence-corrected chi connectivity index (χ3v) is 3.90. The van der Waals surface area contributed by atoms with Crippen LogP contribution in [-0.4, -0.2) is 39.4 Å². The zero-order chi connectivity index (χ0) is 18.2. The number of rotatable bonds is 7. The molecule has 0 saturated carbocycles. The number of hydrogen-bond donors (Lipinski definition) is 2. The van der Waals surface area contributed by atoms with Crippen molar-refractivity contribution >= 4 is 29.3 Å². The Morgan fingerprint density at radius 2 is 2.04 bits per heavy atom. The largest absolute Gasteiger partial charge is 0.462 e. The van der Waals surface area contributed by atoms with E-state index in [4.69, 9.17) is 4.74 Å². The lowest BCUT2D eigenvalue weighted by Crippen LogP contribution is -2.19. The van der Waals surface area contributed by atoms with Gasteiger partial charge in [-0.3, -0.25) is 14.6 Å². The van der Waals surface area contributed by atoms with Crippen molar-refractivity contribution in [3.63, 3.8) is 0 Å². The molecule has 0 bridgehead atoms. The van der Waals surface area contributed by atoms with Gasteiger partial charge in [0.25, 0.3) is 5.56 Å². The Bertz CT molecular complexity index is 822. The van der Waals surface area contributed by atoms with Gasteiger partial charge in [-0.1, -0.05) is 30.8 Å². The Kier molecular flexibility index (Phi) is 6.70. The molecule has 25 heavy (non-hydrogen) atoms. The molecule has 1 aromatic heterocycles. The number of amides is 1. The van der Waals surface area contributed by atoms with Crippen molar-refractivity contribution < 1.29 is 14.3 Å². The van der Waals surface area contributed by atoms with Crippen LogP contribution in [0.15, 0.2) is 34.2 Å². The SMILES string of the molecule is CCCOC(=O)c1ccccc1NC(=O)CSc1nnc(C)c(=O)[nH]1. The van der Waals surface area contributed by atoms with Gasteiger partial charge in [0, 0.05) is 0 Å². The number of ether oxygens (including phenoxy) is 1. The van der Waals surface area contributed by atoms with Gasteiger partial charge in [-0.15, -0.1) is 10.2 Å². The molecule has 0 saturated heterocycles. The molecule has 2 aromatic rings. The summed E-state index contributed by atoms with van der Waals surface area (Å²) in [7, 11) is 0. The van der Waals surface area contributed by atoms with E-state index < -0.39 is 5.97 Å². The third-order valence-electron chi connectivity index (χ3n) is 3.04. The molecular weight excluding hydrogens is 344 g/mol. The molecule has 0 spiro atoms. The number of carbonyl (C=O) groups is 2. The highest BCUT2D eigenvalue weighted by Gasteiger charge is 2.14. The average Bonchev–Trinajstić information content (AvgIpc) is 2.61. The summed E-state index contributed by atoms with van der Waals surface area (Å²) in [5.74, 6) is -0.824. The number of benzene rings is 1. The quantitative estimate of drug-likeness (QED) is 0.570. The van der Waals surface area contributed by atoms with Crippen LogP contribution in [0.1, 0.15) is 29.4 Å². The lowest BCUT2D eigenvalue weighted by molar-refractivity contribution is -0.113. The molecule has 1 heterocycles. The highest BCUT2D eigenvalue weighted by atomic mass is 32.2. The van der Waals surface area contributed by atoms with Gasteiger partial charge >= 0.3 is 5.97 Å². The van der Waals surface area contributed by atoms with Crippen LogP contribution in [0.4, 0.5) is 5.69 Å². The van der Waals surface area contributed by atoms with Crippen LogP contribution in [0.5, 0.6) is 0 Å². The van der Waals surface area contributed by atoms with Gasteiger partial charge in [0.15, 0.2) is 5.16 Å². The normalized spacial score (nSPS) is 10.3. The van der Waals surface area contributed by atoms with Gasteiger partial charge in [-0.05, 0) is 25.5 Å². The maximum Gasteiger partial charge on any atom is 0.340 e. The van der Waals surface area contributed by atoms with E-state index in [1.165, 1.54) is 0 Å². The Morgan fingerprint density at radius 1 is 1.28 bits per heavy atom. The molecule has 0 unspecified atom stereocenters. The molecule has 0 aliphatic heterocycles. The van der Waals surface area contributed by atoms with E-state index in [-0.39, 0.29) is 33.6 Å². The van der Waals surface area contributed by atoms with Crippen molar-refractivity contribution in [1.82, 2.24) is 15.2 Å². The number of hydrogen-bond acceptors (Lipinski definition) is 7. The van der Waals surface area contributed by atoms with Gasteiger partial charge in [0.2, 0.25) is 5.91 Å². The summed E-state index contributed by atoms with van der Waals surface area (Å²) in [5.41, 5.74) is 0.575. The number of para-hydroxylation sites is 1. The minimum Gasteiger partial charge on any atom is -0.462 e. The first-order valence-corrected chi connectivity index (χ1v) is 8.62. The Hall–Kier alpha value is -2.68. The molecular formula is C16H18N4O4S. The number of anilines is 1. The highest BCUT2D eigenvalue weighted by molar-refractivity contribution is 7.99. The van der Waals surface area contributed by atoms with Crippen LogP contribution in [-0.2, 0) is 9.53 Å². The summed E-state index contributed by atoms with van der Waals surface area (Å²) in [5, 5.41) is 10.4. The molecule has 1 aromatic carbocycles. The summed E-state index contributed by atoms with van der Waals surface area (Å²) in [6.45, 7) is 3.76. The lowest BCUT2D eigenvalue weighted by atomic mass is 10.2.